The second-order valence-electron chi connectivity index (χ2n) is 2.55. The number of hydrogen-bond acceptors (Lipinski definition) is 4. The van der Waals surface area contributed by atoms with E-state index in [1.807, 2.05) is 0 Å². The molecule has 1 aromatic heterocycles. The molecule has 0 amide bonds. The molecule has 0 bridgehead atoms. The number of hydrogen-bond donors (Lipinski definition) is 1. The summed E-state index contributed by atoms with van der Waals surface area (Å²) in [5.74, 6) is -2.67. The number of carboxylic acids is 1. The van der Waals surface area contributed by atoms with Crippen LogP contribution < -0.4 is 0 Å². The molecule has 0 aliphatic carbocycles. The lowest BCUT2D eigenvalue weighted by Gasteiger charge is -2.02. The van der Waals surface area contributed by atoms with E-state index in [0.29, 0.717) is 0 Å². The van der Waals surface area contributed by atoms with Crippen molar-refractivity contribution in [2.24, 2.45) is 5.92 Å². The van der Waals surface area contributed by atoms with Crippen LogP contribution in [-0.2, 0) is 4.79 Å². The molecular weight excluding hydrogens is 172 g/mol. The van der Waals surface area contributed by atoms with E-state index < -0.39 is 17.7 Å². The van der Waals surface area contributed by atoms with Gasteiger partial charge in [0.1, 0.15) is 12.2 Å². The normalized spacial score (nSPS) is 12.1. The van der Waals surface area contributed by atoms with Crippen molar-refractivity contribution in [3.8, 4) is 0 Å². The van der Waals surface area contributed by atoms with Gasteiger partial charge in [-0.3, -0.25) is 9.59 Å². The Morgan fingerprint density at radius 3 is 2.38 bits per heavy atom. The molecular formula is C8H8N2O3. The van der Waals surface area contributed by atoms with Crippen LogP contribution in [0.1, 0.15) is 17.3 Å². The predicted molar refractivity (Wildman–Crippen MR) is 43.2 cm³/mol. The van der Waals surface area contributed by atoms with E-state index in [9.17, 15) is 9.59 Å². The van der Waals surface area contributed by atoms with Gasteiger partial charge < -0.3 is 5.11 Å². The first-order valence-electron chi connectivity index (χ1n) is 3.65. The maximum Gasteiger partial charge on any atom is 0.314 e. The highest BCUT2D eigenvalue weighted by Crippen LogP contribution is 2.05. The zero-order valence-corrected chi connectivity index (χ0v) is 6.97. The highest BCUT2D eigenvalue weighted by molar-refractivity contribution is 6.07. The Balaban J connectivity index is 2.86. The summed E-state index contributed by atoms with van der Waals surface area (Å²) in [5.41, 5.74) is 0.220. The van der Waals surface area contributed by atoms with E-state index in [1.54, 1.807) is 0 Å². The molecule has 0 spiro atoms. The third kappa shape index (κ3) is 2.08. The molecule has 0 fully saturated rings. The molecule has 1 N–H and O–H groups in total. The number of carbonyl (C=O) groups excluding carboxylic acids is 1. The van der Waals surface area contributed by atoms with E-state index in [2.05, 4.69) is 9.97 Å². The lowest BCUT2D eigenvalue weighted by Crippen LogP contribution is -2.20. The van der Waals surface area contributed by atoms with E-state index in [-0.39, 0.29) is 5.56 Å². The maximum absolute atomic E-state index is 11.3. The Morgan fingerprint density at radius 2 is 1.92 bits per heavy atom. The average Bonchev–Trinajstić information content (AvgIpc) is 2.17. The van der Waals surface area contributed by atoms with E-state index >= 15 is 0 Å². The summed E-state index contributed by atoms with van der Waals surface area (Å²) in [6.07, 6.45) is 3.88. The summed E-state index contributed by atoms with van der Waals surface area (Å²) in [5, 5.41) is 8.55. The number of ketones is 1. The molecule has 0 saturated heterocycles. The van der Waals surface area contributed by atoms with Gasteiger partial charge in [-0.2, -0.15) is 0 Å². The topological polar surface area (TPSA) is 80.1 Å². The van der Waals surface area contributed by atoms with Crippen LogP contribution in [0.5, 0.6) is 0 Å². The van der Waals surface area contributed by atoms with Gasteiger partial charge in [0.15, 0.2) is 5.78 Å². The van der Waals surface area contributed by atoms with Crippen LogP contribution >= 0.6 is 0 Å². The molecule has 68 valence electrons. The highest BCUT2D eigenvalue weighted by atomic mass is 16.4. The van der Waals surface area contributed by atoms with E-state index in [1.165, 1.54) is 25.6 Å². The van der Waals surface area contributed by atoms with Gasteiger partial charge in [-0.25, -0.2) is 9.97 Å². The van der Waals surface area contributed by atoms with Crippen molar-refractivity contribution in [2.75, 3.05) is 0 Å². The first kappa shape index (κ1) is 9.31. The number of aromatic nitrogens is 2. The van der Waals surface area contributed by atoms with Gasteiger partial charge in [0.05, 0.1) is 5.56 Å². The number of nitrogens with zero attached hydrogens (tertiary/aromatic N) is 2. The molecule has 1 atom stereocenters. The summed E-state index contributed by atoms with van der Waals surface area (Å²) in [4.78, 5) is 29.0. The van der Waals surface area contributed by atoms with Gasteiger partial charge in [-0.05, 0) is 6.92 Å². The van der Waals surface area contributed by atoms with Crippen LogP contribution in [0.25, 0.3) is 0 Å². The third-order valence-corrected chi connectivity index (χ3v) is 1.61. The smallest absolute Gasteiger partial charge is 0.314 e. The lowest BCUT2D eigenvalue weighted by atomic mass is 10.0. The zero-order valence-electron chi connectivity index (χ0n) is 6.97. The van der Waals surface area contributed by atoms with Crippen molar-refractivity contribution >= 4 is 11.8 Å². The summed E-state index contributed by atoms with van der Waals surface area (Å²) in [6, 6.07) is 0. The minimum atomic E-state index is -1.14. The van der Waals surface area contributed by atoms with E-state index in [0.717, 1.165) is 0 Å². The van der Waals surface area contributed by atoms with Crippen LogP contribution in [0.3, 0.4) is 0 Å². The zero-order chi connectivity index (χ0) is 9.84. The van der Waals surface area contributed by atoms with Crippen LogP contribution in [0.2, 0.25) is 0 Å². The fourth-order valence-corrected chi connectivity index (χ4v) is 0.788. The molecule has 1 unspecified atom stereocenters. The Labute approximate surface area is 74.4 Å². The van der Waals surface area contributed by atoms with Gasteiger partial charge in [0.2, 0.25) is 0 Å². The summed E-state index contributed by atoms with van der Waals surface area (Å²) < 4.78 is 0. The van der Waals surface area contributed by atoms with Gasteiger partial charge in [0, 0.05) is 12.4 Å². The molecule has 1 rings (SSSR count). The monoisotopic (exact) mass is 180 g/mol. The largest absolute Gasteiger partial charge is 0.481 e. The quantitative estimate of drug-likeness (QED) is 0.537. The SMILES string of the molecule is CC(C(=O)O)C(=O)c1cncnc1. The minimum absolute atomic E-state index is 0.220. The van der Waals surface area contributed by atoms with Crippen molar-refractivity contribution < 1.29 is 14.7 Å². The molecule has 0 aliphatic heterocycles. The third-order valence-electron chi connectivity index (χ3n) is 1.61. The van der Waals surface area contributed by atoms with Crippen molar-refractivity contribution in [1.29, 1.82) is 0 Å². The second-order valence-corrected chi connectivity index (χ2v) is 2.55. The Morgan fingerprint density at radius 1 is 1.38 bits per heavy atom. The Kier molecular flexibility index (Phi) is 2.69. The standard InChI is InChI=1S/C8H8N2O3/c1-5(8(12)13)7(11)6-2-9-4-10-3-6/h2-5H,1H3,(H,12,13). The molecule has 13 heavy (non-hydrogen) atoms. The maximum atomic E-state index is 11.3. The minimum Gasteiger partial charge on any atom is -0.481 e. The van der Waals surface area contributed by atoms with Crippen molar-refractivity contribution in [2.45, 2.75) is 6.92 Å². The Bertz CT molecular complexity index is 323. The van der Waals surface area contributed by atoms with Gasteiger partial charge in [0.25, 0.3) is 0 Å². The molecule has 1 heterocycles. The average molecular weight is 180 g/mol. The molecule has 0 radical (unpaired) electrons. The van der Waals surface area contributed by atoms with Crippen LogP contribution in [0, 0.1) is 5.92 Å². The van der Waals surface area contributed by atoms with E-state index in [4.69, 9.17) is 5.11 Å². The second kappa shape index (κ2) is 3.75. The molecule has 1 aromatic rings. The van der Waals surface area contributed by atoms with Crippen LogP contribution in [0.15, 0.2) is 18.7 Å². The predicted octanol–water partition coefficient (Wildman–Crippen LogP) is 0.380. The van der Waals surface area contributed by atoms with Crippen molar-refractivity contribution in [1.82, 2.24) is 9.97 Å². The van der Waals surface area contributed by atoms with Crippen molar-refractivity contribution in [3.05, 3.63) is 24.3 Å². The van der Waals surface area contributed by atoms with Crippen LogP contribution in [0.4, 0.5) is 0 Å². The Hall–Kier alpha value is -1.78. The molecule has 5 heteroatoms. The van der Waals surface area contributed by atoms with Crippen LogP contribution in [-0.4, -0.2) is 26.8 Å². The lowest BCUT2D eigenvalue weighted by molar-refractivity contribution is -0.139. The van der Waals surface area contributed by atoms with Gasteiger partial charge in [-0.15, -0.1) is 0 Å². The highest BCUT2D eigenvalue weighted by Gasteiger charge is 2.21. The number of carbonyl (C=O) groups is 2. The van der Waals surface area contributed by atoms with Crippen molar-refractivity contribution in [3.63, 3.8) is 0 Å². The number of carboxylic acid groups (broad SMARTS) is 1. The number of Topliss-reactive ketones (excluding diaryl/α,β-unsaturated/α-hetero) is 1. The first-order valence-corrected chi connectivity index (χ1v) is 3.65. The summed E-state index contributed by atoms with van der Waals surface area (Å²) >= 11 is 0. The fraction of sp³-hybridized carbons (Fsp3) is 0.250. The first-order chi connectivity index (χ1) is 6.13. The number of rotatable bonds is 3. The van der Waals surface area contributed by atoms with Gasteiger partial charge in [-0.1, -0.05) is 0 Å². The summed E-state index contributed by atoms with van der Waals surface area (Å²) in [7, 11) is 0. The number of aliphatic carboxylic acids is 1. The fourth-order valence-electron chi connectivity index (χ4n) is 0.788. The molecule has 5 nitrogen and oxygen atoms in total. The molecule has 0 aromatic carbocycles. The summed E-state index contributed by atoms with van der Waals surface area (Å²) in [6.45, 7) is 1.33. The molecule has 0 aliphatic rings. The van der Waals surface area contributed by atoms with Gasteiger partial charge >= 0.3 is 5.97 Å². The molecule has 0 saturated carbocycles.